The van der Waals surface area contributed by atoms with Crippen molar-refractivity contribution >= 4 is 22.7 Å². The monoisotopic (exact) mass is 276 g/mol. The van der Waals surface area contributed by atoms with E-state index in [0.29, 0.717) is 29.7 Å². The molecule has 0 bridgehead atoms. The normalized spacial score (nSPS) is 9.58. The van der Waals surface area contributed by atoms with Gasteiger partial charge in [-0.2, -0.15) is 0 Å². The van der Waals surface area contributed by atoms with Gasteiger partial charge < -0.3 is 5.11 Å². The lowest BCUT2D eigenvalue weighted by molar-refractivity contribution is -0.109. The first-order valence-corrected chi connectivity index (χ1v) is 7.01. The topological polar surface area (TPSA) is 54.4 Å². The van der Waals surface area contributed by atoms with Gasteiger partial charge in [-0.25, -0.2) is 0 Å². The number of thioether (sulfide) groups is 1. The molecular formula is C15H16O3S. The van der Waals surface area contributed by atoms with Crippen LogP contribution in [-0.2, 0) is 4.79 Å². The van der Waals surface area contributed by atoms with Crippen molar-refractivity contribution in [1.82, 2.24) is 0 Å². The number of Topliss-reactive ketones (excluding diaryl/α,β-unsaturated/α-hetero) is 1. The fourth-order valence-corrected chi connectivity index (χ4v) is 1.93. The van der Waals surface area contributed by atoms with Crippen molar-refractivity contribution in [3.63, 3.8) is 0 Å². The summed E-state index contributed by atoms with van der Waals surface area (Å²) < 4.78 is 0. The highest BCUT2D eigenvalue weighted by molar-refractivity contribution is 8.13. The standard InChI is InChI=1S/C15H16O3S/c1-3-14(17)13-10-12(7-8-15(13)18)6-4-5-9-19-11(2)16/h7-8,10,18H,3,5,9H2,1-2H3. The number of phenols is 1. The molecule has 0 aliphatic heterocycles. The maximum absolute atomic E-state index is 11.6. The summed E-state index contributed by atoms with van der Waals surface area (Å²) >= 11 is 1.25. The maximum atomic E-state index is 11.6. The van der Waals surface area contributed by atoms with Crippen molar-refractivity contribution < 1.29 is 14.7 Å². The lowest BCUT2D eigenvalue weighted by atomic mass is 10.0. The maximum Gasteiger partial charge on any atom is 0.185 e. The van der Waals surface area contributed by atoms with Gasteiger partial charge in [0.25, 0.3) is 0 Å². The van der Waals surface area contributed by atoms with E-state index in [-0.39, 0.29) is 16.6 Å². The largest absolute Gasteiger partial charge is 0.507 e. The van der Waals surface area contributed by atoms with E-state index >= 15 is 0 Å². The van der Waals surface area contributed by atoms with Crippen LogP contribution in [0.5, 0.6) is 5.75 Å². The van der Waals surface area contributed by atoms with Crippen LogP contribution < -0.4 is 0 Å². The molecule has 19 heavy (non-hydrogen) atoms. The molecule has 1 N–H and O–H groups in total. The molecule has 0 atom stereocenters. The van der Waals surface area contributed by atoms with Crippen LogP contribution in [0.2, 0.25) is 0 Å². The molecule has 1 rings (SSSR count). The Hall–Kier alpha value is -1.73. The Morgan fingerprint density at radius 1 is 1.37 bits per heavy atom. The van der Waals surface area contributed by atoms with Crippen LogP contribution in [0.1, 0.15) is 42.6 Å². The number of rotatable bonds is 4. The predicted molar refractivity (Wildman–Crippen MR) is 77.4 cm³/mol. The zero-order valence-electron chi connectivity index (χ0n) is 11.0. The first-order chi connectivity index (χ1) is 9.04. The van der Waals surface area contributed by atoms with Crippen LogP contribution in [-0.4, -0.2) is 21.8 Å². The van der Waals surface area contributed by atoms with Crippen LogP contribution in [0.25, 0.3) is 0 Å². The van der Waals surface area contributed by atoms with E-state index in [9.17, 15) is 14.7 Å². The Balaban J connectivity index is 2.72. The SMILES string of the molecule is CCC(=O)c1cc(C#CCCSC(C)=O)ccc1O. The second kappa shape index (κ2) is 7.65. The minimum absolute atomic E-state index is 0.00969. The number of hydrogen-bond donors (Lipinski definition) is 1. The van der Waals surface area contributed by atoms with Crippen LogP contribution >= 0.6 is 11.8 Å². The summed E-state index contributed by atoms with van der Waals surface area (Å²) in [6.45, 7) is 3.28. The van der Waals surface area contributed by atoms with Gasteiger partial charge in [-0.1, -0.05) is 30.5 Å². The molecule has 0 spiro atoms. The van der Waals surface area contributed by atoms with Crippen molar-refractivity contribution in [2.45, 2.75) is 26.7 Å². The molecule has 4 heteroatoms. The summed E-state index contributed by atoms with van der Waals surface area (Å²) in [5.41, 5.74) is 1.01. The smallest absolute Gasteiger partial charge is 0.185 e. The second-order valence-electron chi connectivity index (χ2n) is 3.90. The molecule has 0 fully saturated rings. The Labute approximate surface area is 117 Å². The van der Waals surface area contributed by atoms with E-state index in [1.807, 2.05) is 0 Å². The van der Waals surface area contributed by atoms with Gasteiger partial charge in [0.1, 0.15) is 5.75 Å². The molecule has 0 aliphatic carbocycles. The first kappa shape index (κ1) is 15.3. The van der Waals surface area contributed by atoms with E-state index in [1.54, 1.807) is 19.1 Å². The van der Waals surface area contributed by atoms with Crippen LogP contribution in [0, 0.1) is 11.8 Å². The van der Waals surface area contributed by atoms with Gasteiger partial charge in [0.15, 0.2) is 10.9 Å². The Morgan fingerprint density at radius 3 is 2.74 bits per heavy atom. The van der Waals surface area contributed by atoms with E-state index in [1.165, 1.54) is 24.8 Å². The predicted octanol–water partition coefficient (Wildman–Crippen LogP) is 3.01. The third-order valence-electron chi connectivity index (χ3n) is 2.38. The molecule has 0 aromatic heterocycles. The minimum Gasteiger partial charge on any atom is -0.507 e. The summed E-state index contributed by atoms with van der Waals surface area (Å²) in [7, 11) is 0. The molecular weight excluding hydrogens is 260 g/mol. The van der Waals surface area contributed by atoms with E-state index < -0.39 is 0 Å². The number of carbonyl (C=O) groups excluding carboxylic acids is 2. The number of hydrogen-bond acceptors (Lipinski definition) is 4. The molecule has 100 valence electrons. The summed E-state index contributed by atoms with van der Waals surface area (Å²) in [6, 6.07) is 4.76. The molecule has 0 radical (unpaired) electrons. The highest BCUT2D eigenvalue weighted by Crippen LogP contribution is 2.19. The number of phenolic OH excluding ortho intramolecular Hbond substituents is 1. The molecule has 0 amide bonds. The van der Waals surface area contributed by atoms with Gasteiger partial charge >= 0.3 is 0 Å². The highest BCUT2D eigenvalue weighted by Gasteiger charge is 2.08. The van der Waals surface area contributed by atoms with Crippen molar-refractivity contribution in [3.8, 4) is 17.6 Å². The van der Waals surface area contributed by atoms with Crippen molar-refractivity contribution in [2.75, 3.05) is 5.75 Å². The summed E-state index contributed by atoms with van der Waals surface area (Å²) in [5, 5.41) is 9.68. The number of ketones is 1. The van der Waals surface area contributed by atoms with Gasteiger partial charge in [-0.3, -0.25) is 9.59 Å². The number of benzene rings is 1. The average molecular weight is 276 g/mol. The third-order valence-corrected chi connectivity index (χ3v) is 3.20. The molecule has 3 nitrogen and oxygen atoms in total. The minimum atomic E-state index is -0.103. The molecule has 1 aromatic rings. The zero-order chi connectivity index (χ0) is 14.3. The second-order valence-corrected chi connectivity index (χ2v) is 5.17. The lowest BCUT2D eigenvalue weighted by Gasteiger charge is -2.02. The van der Waals surface area contributed by atoms with E-state index in [0.717, 1.165) is 0 Å². The number of aromatic hydroxyl groups is 1. The van der Waals surface area contributed by atoms with Gasteiger partial charge in [0.05, 0.1) is 5.56 Å². The Morgan fingerprint density at radius 2 is 2.11 bits per heavy atom. The van der Waals surface area contributed by atoms with Crippen molar-refractivity contribution in [2.24, 2.45) is 0 Å². The molecule has 0 heterocycles. The molecule has 0 aliphatic rings. The first-order valence-electron chi connectivity index (χ1n) is 6.03. The van der Waals surface area contributed by atoms with Crippen LogP contribution in [0.4, 0.5) is 0 Å². The van der Waals surface area contributed by atoms with Crippen LogP contribution in [0.3, 0.4) is 0 Å². The van der Waals surface area contributed by atoms with Gasteiger partial charge in [-0.05, 0) is 18.2 Å². The van der Waals surface area contributed by atoms with Crippen molar-refractivity contribution in [3.05, 3.63) is 29.3 Å². The van der Waals surface area contributed by atoms with Crippen LogP contribution in [0.15, 0.2) is 18.2 Å². The Kier molecular flexibility index (Phi) is 6.17. The van der Waals surface area contributed by atoms with Gasteiger partial charge in [0, 0.05) is 31.1 Å². The quantitative estimate of drug-likeness (QED) is 0.522. The molecule has 1 aromatic carbocycles. The van der Waals surface area contributed by atoms with Crippen molar-refractivity contribution in [1.29, 1.82) is 0 Å². The lowest BCUT2D eigenvalue weighted by Crippen LogP contribution is -1.97. The molecule has 0 unspecified atom stereocenters. The zero-order valence-corrected chi connectivity index (χ0v) is 11.8. The number of carbonyl (C=O) groups is 2. The fraction of sp³-hybridized carbons (Fsp3) is 0.333. The molecule has 0 saturated heterocycles. The molecule has 0 saturated carbocycles. The fourth-order valence-electron chi connectivity index (χ4n) is 1.44. The summed E-state index contributed by atoms with van der Waals surface area (Å²) in [5.74, 6) is 6.43. The average Bonchev–Trinajstić information content (AvgIpc) is 2.39. The van der Waals surface area contributed by atoms with E-state index in [2.05, 4.69) is 11.8 Å². The van der Waals surface area contributed by atoms with Gasteiger partial charge in [-0.15, -0.1) is 0 Å². The van der Waals surface area contributed by atoms with E-state index in [4.69, 9.17) is 0 Å². The third kappa shape index (κ3) is 5.19. The summed E-state index contributed by atoms with van der Waals surface area (Å²) in [6.07, 6.45) is 0.960. The van der Waals surface area contributed by atoms with Gasteiger partial charge in [0.2, 0.25) is 0 Å². The summed E-state index contributed by atoms with van der Waals surface area (Å²) in [4.78, 5) is 22.3. The highest BCUT2D eigenvalue weighted by atomic mass is 32.2. The Bertz CT molecular complexity index is 538.